The lowest BCUT2D eigenvalue weighted by Gasteiger charge is -2.05. The highest BCUT2D eigenvalue weighted by molar-refractivity contribution is 6.07. The third kappa shape index (κ3) is 22.7. The summed E-state index contributed by atoms with van der Waals surface area (Å²) in [5, 5.41) is 5.65. The van der Waals surface area contributed by atoms with Crippen molar-refractivity contribution in [3.8, 4) is 0 Å². The number of fused-ring (bicyclic) bond motifs is 3. The Morgan fingerprint density at radius 3 is 1.37 bits per heavy atom. The van der Waals surface area contributed by atoms with Crippen molar-refractivity contribution in [2.24, 2.45) is 25.0 Å². The van der Waals surface area contributed by atoms with E-state index in [4.69, 9.17) is 4.99 Å². The lowest BCUT2D eigenvalue weighted by molar-refractivity contribution is 0.0979. The van der Waals surface area contributed by atoms with Crippen LogP contribution in [0.25, 0.3) is 32.4 Å². The monoisotopic (exact) mass is 1350 g/mol. The second-order valence-electron chi connectivity index (χ2n) is 24.3. The highest BCUT2D eigenvalue weighted by Crippen LogP contribution is 2.26. The molecule has 102 heavy (non-hydrogen) atoms. The second-order valence-corrected chi connectivity index (χ2v) is 24.3. The van der Waals surface area contributed by atoms with E-state index in [1.165, 1.54) is 16.3 Å². The number of carbonyl (C=O) groups excluding carboxylic acids is 5. The summed E-state index contributed by atoms with van der Waals surface area (Å²) in [5.41, 5.74) is 16.3. The van der Waals surface area contributed by atoms with Gasteiger partial charge < -0.3 is 0 Å². The van der Waals surface area contributed by atoms with Crippen molar-refractivity contribution in [1.82, 2.24) is 15.0 Å². The van der Waals surface area contributed by atoms with E-state index < -0.39 is 0 Å². The Balaban J connectivity index is 0.000000162. The number of nitrogens with zero attached hydrogens (tertiary/aromatic N) is 8. The number of Topliss-reactive ketones (excluding diaryl/α,β-unsaturated/α-hetero) is 5. The highest BCUT2D eigenvalue weighted by atomic mass is 16.1. The number of hydrogen-bond acceptors (Lipinski definition) is 13. The Kier molecular flexibility index (Phi) is 28.4. The van der Waals surface area contributed by atoms with Gasteiger partial charge in [-0.1, -0.05) is 202 Å². The fourth-order valence-electron chi connectivity index (χ4n) is 10.5. The van der Waals surface area contributed by atoms with Crippen LogP contribution in [-0.4, -0.2) is 79.0 Å². The van der Waals surface area contributed by atoms with E-state index >= 15 is 0 Å². The van der Waals surface area contributed by atoms with E-state index in [0.717, 1.165) is 115 Å². The number of unbranched alkanes of at least 4 members (excludes halogenated alkanes) is 1. The van der Waals surface area contributed by atoms with Gasteiger partial charge in [0, 0.05) is 81.2 Å². The van der Waals surface area contributed by atoms with Crippen molar-refractivity contribution in [3.63, 3.8) is 0 Å². The van der Waals surface area contributed by atoms with Crippen LogP contribution in [0.15, 0.2) is 286 Å². The van der Waals surface area contributed by atoms with Gasteiger partial charge in [-0.3, -0.25) is 48.9 Å². The Bertz CT molecular complexity index is 4940. The van der Waals surface area contributed by atoms with E-state index in [0.29, 0.717) is 41.2 Å². The Hall–Kier alpha value is -12.1. The first-order valence-electron chi connectivity index (χ1n) is 34.1. The van der Waals surface area contributed by atoms with Crippen LogP contribution in [0.5, 0.6) is 0 Å². The largest absolute Gasteiger partial charge is 0.295 e. The van der Waals surface area contributed by atoms with Crippen LogP contribution in [0.3, 0.4) is 0 Å². The first kappa shape index (κ1) is 75.7. The van der Waals surface area contributed by atoms with Crippen LogP contribution in [-0.2, 0) is 6.54 Å². The Labute approximate surface area is 598 Å². The number of hydrogen-bond donors (Lipinski definition) is 0. The van der Waals surface area contributed by atoms with Gasteiger partial charge in [0.2, 0.25) is 0 Å². The number of para-hydroxylation sites is 1. The molecule has 12 aromatic rings. The summed E-state index contributed by atoms with van der Waals surface area (Å²) in [5.74, 6) is 1.01. The number of aromatic nitrogens is 3. The van der Waals surface area contributed by atoms with Crippen LogP contribution in [0.1, 0.15) is 181 Å². The number of rotatable bonds is 19. The first-order chi connectivity index (χ1) is 49.3. The minimum Gasteiger partial charge on any atom is -0.295 e. The minimum absolute atomic E-state index is 0.0541. The van der Waals surface area contributed by atoms with Gasteiger partial charge in [0.05, 0.1) is 34.8 Å². The zero-order valence-electron chi connectivity index (χ0n) is 60.0. The topological polar surface area (TPSA) is 186 Å². The Morgan fingerprint density at radius 1 is 0.353 bits per heavy atom. The summed E-state index contributed by atoms with van der Waals surface area (Å²) in [6.07, 6.45) is 6.31. The SMILES string of the molecule is CC(=O)c1cccc(C(C)=NCc2ccccc2)c1.CC(=O)c1cccc(C(C)=Nc2cc3ccccc3cn2)c1.CC(=O)c1cccc(C(C)=Nc2ccc3ccccc3c2)c1.CC(=O)c1cccc(C(C)=Nc2cccc3cccnc23)c1.CCCCN=C(C)c1cccc(C(=O)CC)n1. The molecular formula is C89H86N8O5. The highest BCUT2D eigenvalue weighted by Gasteiger charge is 2.11. The van der Waals surface area contributed by atoms with Crippen LogP contribution in [0, 0.1) is 0 Å². The molecule has 0 bridgehead atoms. The van der Waals surface area contributed by atoms with E-state index in [1.54, 1.807) is 40.0 Å². The fraction of sp³-hybridized carbons (Fsp3) is 0.180. The lowest BCUT2D eigenvalue weighted by atomic mass is 10.1. The average Bonchev–Trinajstić information content (AvgIpc) is 0.829. The van der Waals surface area contributed by atoms with Gasteiger partial charge in [0.15, 0.2) is 34.7 Å². The number of benzene rings is 9. The van der Waals surface area contributed by atoms with Crippen molar-refractivity contribution >= 4 is 107 Å². The summed E-state index contributed by atoms with van der Waals surface area (Å²) >= 11 is 0. The molecule has 0 N–H and O–H groups in total. The molecule has 12 rings (SSSR count). The van der Waals surface area contributed by atoms with E-state index in [1.807, 2.05) is 254 Å². The molecule has 13 nitrogen and oxygen atoms in total. The quantitative estimate of drug-likeness (QED) is 0.0435. The molecule has 0 atom stereocenters. The second kappa shape index (κ2) is 38.3. The van der Waals surface area contributed by atoms with Crippen LogP contribution >= 0.6 is 0 Å². The number of carbonyl (C=O) groups is 5. The van der Waals surface area contributed by atoms with E-state index in [9.17, 15) is 24.0 Å². The van der Waals surface area contributed by atoms with Crippen molar-refractivity contribution in [2.75, 3.05) is 6.54 Å². The van der Waals surface area contributed by atoms with Crippen molar-refractivity contribution in [2.45, 2.75) is 102 Å². The molecule has 0 saturated heterocycles. The van der Waals surface area contributed by atoms with Crippen LogP contribution < -0.4 is 0 Å². The van der Waals surface area contributed by atoms with E-state index in [2.05, 4.69) is 78.2 Å². The van der Waals surface area contributed by atoms with Crippen molar-refractivity contribution in [3.05, 3.63) is 323 Å². The molecule has 3 heterocycles. The molecule has 9 aromatic carbocycles. The van der Waals surface area contributed by atoms with E-state index in [-0.39, 0.29) is 28.9 Å². The number of ketones is 5. The lowest BCUT2D eigenvalue weighted by Crippen LogP contribution is -2.06. The smallest absolute Gasteiger partial charge is 0.180 e. The van der Waals surface area contributed by atoms with Gasteiger partial charge in [-0.05, 0) is 179 Å². The molecular weight excluding hydrogens is 1260 g/mol. The molecule has 512 valence electrons. The molecule has 0 fully saturated rings. The number of aliphatic imine (C=N–C) groups is 5. The molecule has 3 aromatic heterocycles. The predicted octanol–water partition coefficient (Wildman–Crippen LogP) is 21.5. The van der Waals surface area contributed by atoms with Crippen molar-refractivity contribution < 1.29 is 24.0 Å². The van der Waals surface area contributed by atoms with Gasteiger partial charge in [-0.15, -0.1) is 0 Å². The maximum Gasteiger partial charge on any atom is 0.180 e. The average molecular weight is 1350 g/mol. The zero-order chi connectivity index (χ0) is 72.9. The summed E-state index contributed by atoms with van der Waals surface area (Å²) in [6, 6.07) is 80.2. The normalized spacial score (nSPS) is 11.6. The molecule has 0 aliphatic rings. The maximum absolute atomic E-state index is 11.5. The van der Waals surface area contributed by atoms with Gasteiger partial charge in [-0.25, -0.2) is 15.0 Å². The molecule has 0 aliphatic heterocycles. The minimum atomic E-state index is 0.0541. The van der Waals surface area contributed by atoms with Gasteiger partial charge >= 0.3 is 0 Å². The molecule has 0 amide bonds. The third-order valence-corrected chi connectivity index (χ3v) is 16.5. The number of pyridine rings is 3. The predicted molar refractivity (Wildman–Crippen MR) is 422 cm³/mol. The molecule has 0 saturated carbocycles. The fourth-order valence-corrected chi connectivity index (χ4v) is 10.5. The molecule has 0 spiro atoms. The first-order valence-corrected chi connectivity index (χ1v) is 34.1. The van der Waals surface area contributed by atoms with Gasteiger partial charge in [-0.2, -0.15) is 0 Å². The summed E-state index contributed by atoms with van der Waals surface area (Å²) in [4.78, 5) is 93.5. The summed E-state index contributed by atoms with van der Waals surface area (Å²) in [7, 11) is 0. The summed E-state index contributed by atoms with van der Waals surface area (Å²) < 4.78 is 0. The van der Waals surface area contributed by atoms with Crippen molar-refractivity contribution in [1.29, 1.82) is 0 Å². The Morgan fingerprint density at radius 2 is 0.814 bits per heavy atom. The van der Waals surface area contributed by atoms with Gasteiger partial charge in [0.1, 0.15) is 5.69 Å². The molecule has 0 radical (unpaired) electrons. The molecule has 0 aliphatic carbocycles. The summed E-state index contributed by atoms with van der Waals surface area (Å²) in [6.45, 7) is 21.5. The zero-order valence-corrected chi connectivity index (χ0v) is 60.0. The molecule has 13 heteroatoms. The standard InChI is InChI=1S/C20H17NO.2C19H16N2O.C17H17NO.C14H20N2O/c1-14(17-8-5-9-18(12-17)15(2)22)21-20-11-10-16-6-3-4-7-19(16)13-20;1-13(16-7-3-8-17(12-16)14(2)22)21-18-10-4-6-15-9-5-11-20-19(15)18;1-13(15-8-5-9-16(10-15)14(2)22)21-19-11-17-6-3-4-7-18(17)12-20-19;1-13(18-12-15-7-4-3-5-8-15)16-9-6-10-17(11-16)14(2)19;1-4-6-10-15-11(3)12-8-7-9-13(16-12)14(17)5-2/h3-13H,1-2H3;2*3-12H,1-2H3;3-11H,12H2,1-2H3;7-9H,4-6,10H2,1-3H3. The maximum atomic E-state index is 11.5. The third-order valence-electron chi connectivity index (χ3n) is 16.5. The van der Waals surface area contributed by atoms with Crippen LogP contribution in [0.4, 0.5) is 17.2 Å². The van der Waals surface area contributed by atoms with Crippen LogP contribution in [0.2, 0.25) is 0 Å². The van der Waals surface area contributed by atoms with Gasteiger partial charge in [0.25, 0.3) is 0 Å². The molecule has 0 unspecified atom stereocenters.